The topological polar surface area (TPSA) is 72.9 Å². The fraction of sp³-hybridized carbons (Fsp3) is 0.278. The van der Waals surface area contributed by atoms with Gasteiger partial charge in [0.05, 0.1) is 24.9 Å². The molecule has 0 spiro atoms. The predicted octanol–water partition coefficient (Wildman–Crippen LogP) is 3.99. The summed E-state index contributed by atoms with van der Waals surface area (Å²) in [6.07, 6.45) is 0. The molecule has 2 aromatic carbocycles. The summed E-state index contributed by atoms with van der Waals surface area (Å²) in [5, 5.41) is -0.213. The lowest BCUT2D eigenvalue weighted by Crippen LogP contribution is -2.37. The summed E-state index contributed by atoms with van der Waals surface area (Å²) >= 11 is 12.3. The molecule has 27 heavy (non-hydrogen) atoms. The van der Waals surface area contributed by atoms with Crippen LogP contribution in [0.4, 0.5) is 5.69 Å². The van der Waals surface area contributed by atoms with E-state index in [0.717, 1.165) is 9.87 Å². The lowest BCUT2D eigenvalue weighted by Gasteiger charge is -2.26. The molecule has 0 aliphatic heterocycles. The second-order valence-corrected chi connectivity index (χ2v) is 8.29. The van der Waals surface area contributed by atoms with Crippen LogP contribution in [0.25, 0.3) is 0 Å². The zero-order chi connectivity index (χ0) is 20.4. The van der Waals surface area contributed by atoms with Gasteiger partial charge in [-0.05, 0) is 43.2 Å². The molecule has 0 saturated heterocycles. The van der Waals surface area contributed by atoms with Crippen LogP contribution in [0, 0.1) is 13.8 Å². The van der Waals surface area contributed by atoms with Crippen LogP contribution in [0.5, 0.6) is 5.75 Å². The fourth-order valence-corrected chi connectivity index (χ4v) is 4.76. The molecule has 0 aliphatic rings. The molecule has 0 fully saturated rings. The van der Waals surface area contributed by atoms with Crippen LogP contribution in [0.2, 0.25) is 10.0 Å². The van der Waals surface area contributed by atoms with Gasteiger partial charge in [-0.2, -0.15) is 0 Å². The van der Waals surface area contributed by atoms with Crippen molar-refractivity contribution in [1.82, 2.24) is 0 Å². The monoisotopic (exact) mass is 431 g/mol. The van der Waals surface area contributed by atoms with E-state index in [2.05, 4.69) is 4.74 Å². The first-order valence-electron chi connectivity index (χ1n) is 7.82. The molecule has 9 heteroatoms. The highest BCUT2D eigenvalue weighted by molar-refractivity contribution is 7.93. The third-order valence-electron chi connectivity index (χ3n) is 4.14. The van der Waals surface area contributed by atoms with Crippen LogP contribution < -0.4 is 9.04 Å². The second-order valence-electron chi connectivity index (χ2n) is 5.70. The van der Waals surface area contributed by atoms with Crippen molar-refractivity contribution >= 4 is 44.9 Å². The van der Waals surface area contributed by atoms with E-state index in [1.807, 2.05) is 13.0 Å². The zero-order valence-corrected chi connectivity index (χ0v) is 17.6. The van der Waals surface area contributed by atoms with Crippen LogP contribution in [0.3, 0.4) is 0 Å². The number of rotatable bonds is 6. The Balaban J connectivity index is 2.70. The minimum atomic E-state index is -4.22. The van der Waals surface area contributed by atoms with Crippen molar-refractivity contribution in [2.75, 3.05) is 25.1 Å². The molecule has 146 valence electrons. The molecular formula is C18H19Cl2NO5S. The molecule has 0 aromatic heterocycles. The molecule has 0 heterocycles. The van der Waals surface area contributed by atoms with Crippen LogP contribution in [-0.4, -0.2) is 35.2 Å². The quantitative estimate of drug-likeness (QED) is 0.646. The van der Waals surface area contributed by atoms with E-state index in [1.165, 1.54) is 26.4 Å². The van der Waals surface area contributed by atoms with Gasteiger partial charge in [0.2, 0.25) is 0 Å². The molecule has 0 N–H and O–H groups in total. The highest BCUT2D eigenvalue weighted by Crippen LogP contribution is 2.39. The number of methoxy groups -OCH3 is 2. The predicted molar refractivity (Wildman–Crippen MR) is 105 cm³/mol. The lowest BCUT2D eigenvalue weighted by molar-refractivity contribution is -0.138. The fourth-order valence-electron chi connectivity index (χ4n) is 2.48. The number of carbonyl (C=O) groups excluding carboxylic acids is 1. The van der Waals surface area contributed by atoms with Crippen LogP contribution in [0.1, 0.15) is 11.1 Å². The SMILES string of the molecule is COC(=O)CN(c1cccc(C)c1C)S(=O)(=O)c1ccc(OC)c(Cl)c1Cl. The van der Waals surface area contributed by atoms with Gasteiger partial charge in [0.15, 0.2) is 0 Å². The molecule has 0 amide bonds. The highest BCUT2D eigenvalue weighted by atomic mass is 35.5. The van der Waals surface area contributed by atoms with Gasteiger partial charge in [0.1, 0.15) is 22.2 Å². The maximum absolute atomic E-state index is 13.4. The molecule has 0 aliphatic carbocycles. The van der Waals surface area contributed by atoms with Crippen molar-refractivity contribution in [3.05, 3.63) is 51.5 Å². The average Bonchev–Trinajstić information content (AvgIpc) is 2.64. The van der Waals surface area contributed by atoms with E-state index in [1.54, 1.807) is 19.1 Å². The van der Waals surface area contributed by atoms with Gasteiger partial charge in [-0.1, -0.05) is 35.3 Å². The Labute approximate surface area is 168 Å². The number of anilines is 1. The number of nitrogens with zero attached hydrogens (tertiary/aromatic N) is 1. The number of sulfonamides is 1. The molecule has 0 bridgehead atoms. The first kappa shape index (κ1) is 21.3. The van der Waals surface area contributed by atoms with Crippen molar-refractivity contribution < 1.29 is 22.7 Å². The smallest absolute Gasteiger partial charge is 0.326 e. The van der Waals surface area contributed by atoms with Gasteiger partial charge in [0, 0.05) is 0 Å². The summed E-state index contributed by atoms with van der Waals surface area (Å²) in [4.78, 5) is 11.7. The van der Waals surface area contributed by atoms with Crippen molar-refractivity contribution in [2.45, 2.75) is 18.7 Å². The summed E-state index contributed by atoms with van der Waals surface area (Å²) in [5.41, 5.74) is 1.93. The Hall–Kier alpha value is -1.96. The summed E-state index contributed by atoms with van der Waals surface area (Å²) < 4.78 is 37.4. The molecule has 6 nitrogen and oxygen atoms in total. The van der Waals surface area contributed by atoms with E-state index < -0.39 is 22.5 Å². The van der Waals surface area contributed by atoms with Crippen molar-refractivity contribution in [1.29, 1.82) is 0 Å². The molecule has 0 unspecified atom stereocenters. The number of benzene rings is 2. The normalized spacial score (nSPS) is 11.2. The number of carbonyl (C=O) groups is 1. The first-order valence-corrected chi connectivity index (χ1v) is 10.0. The summed E-state index contributed by atoms with van der Waals surface area (Å²) in [5.74, 6) is -0.470. The minimum absolute atomic E-state index is 0.0285. The summed E-state index contributed by atoms with van der Waals surface area (Å²) in [6, 6.07) is 7.86. The standard InChI is InChI=1S/C18H19Cl2NO5S/c1-11-6-5-7-13(12(11)2)21(10-16(22)26-4)27(23,24)15-9-8-14(25-3)17(19)18(15)20/h5-9H,10H2,1-4H3. The van der Waals surface area contributed by atoms with Crippen LogP contribution >= 0.6 is 23.2 Å². The van der Waals surface area contributed by atoms with Gasteiger partial charge >= 0.3 is 5.97 Å². The number of hydrogen-bond acceptors (Lipinski definition) is 5. The number of halogens is 2. The van der Waals surface area contributed by atoms with Gasteiger partial charge in [-0.3, -0.25) is 9.10 Å². The molecule has 0 saturated carbocycles. The maximum Gasteiger partial charge on any atom is 0.326 e. The van der Waals surface area contributed by atoms with E-state index >= 15 is 0 Å². The zero-order valence-electron chi connectivity index (χ0n) is 15.2. The number of esters is 1. The van der Waals surface area contributed by atoms with Gasteiger partial charge in [-0.15, -0.1) is 0 Å². The third-order valence-corrected chi connectivity index (χ3v) is 6.92. The molecule has 0 radical (unpaired) electrons. The van der Waals surface area contributed by atoms with E-state index in [4.69, 9.17) is 27.9 Å². The Kier molecular flexibility index (Phi) is 6.62. The number of ether oxygens (including phenoxy) is 2. The van der Waals surface area contributed by atoms with Gasteiger partial charge < -0.3 is 9.47 Å². The van der Waals surface area contributed by atoms with Crippen molar-refractivity contribution in [2.24, 2.45) is 0 Å². The average molecular weight is 432 g/mol. The largest absolute Gasteiger partial charge is 0.495 e. The van der Waals surface area contributed by atoms with Crippen LogP contribution in [0.15, 0.2) is 35.2 Å². The van der Waals surface area contributed by atoms with Crippen molar-refractivity contribution in [3.63, 3.8) is 0 Å². The Bertz CT molecular complexity index is 976. The molecule has 2 aromatic rings. The Morgan fingerprint density at radius 3 is 2.33 bits per heavy atom. The number of aryl methyl sites for hydroxylation is 1. The summed E-state index contributed by atoms with van der Waals surface area (Å²) in [7, 11) is -1.63. The van der Waals surface area contributed by atoms with E-state index in [0.29, 0.717) is 11.3 Å². The molecular weight excluding hydrogens is 413 g/mol. The number of hydrogen-bond donors (Lipinski definition) is 0. The van der Waals surface area contributed by atoms with Crippen LogP contribution in [-0.2, 0) is 19.6 Å². The van der Waals surface area contributed by atoms with Crippen molar-refractivity contribution in [3.8, 4) is 5.75 Å². The molecule has 0 atom stereocenters. The third kappa shape index (κ3) is 4.15. The first-order chi connectivity index (χ1) is 12.6. The molecule has 2 rings (SSSR count). The minimum Gasteiger partial charge on any atom is -0.495 e. The second kappa shape index (κ2) is 8.37. The maximum atomic E-state index is 13.4. The Morgan fingerprint density at radius 1 is 1.07 bits per heavy atom. The van der Waals surface area contributed by atoms with E-state index in [-0.39, 0.29) is 20.7 Å². The Morgan fingerprint density at radius 2 is 1.74 bits per heavy atom. The van der Waals surface area contributed by atoms with E-state index in [9.17, 15) is 13.2 Å². The lowest BCUT2D eigenvalue weighted by atomic mass is 10.1. The summed E-state index contributed by atoms with van der Waals surface area (Å²) in [6.45, 7) is 3.11. The van der Waals surface area contributed by atoms with Gasteiger partial charge in [-0.25, -0.2) is 8.42 Å². The highest BCUT2D eigenvalue weighted by Gasteiger charge is 2.32. The van der Waals surface area contributed by atoms with Gasteiger partial charge in [0.25, 0.3) is 10.0 Å².